The monoisotopic (exact) mass is 432 g/mol. The second-order valence-corrected chi connectivity index (χ2v) is 6.84. The number of nitrogens with zero attached hydrogens (tertiary/aromatic N) is 2. The molecule has 2 aromatic carbocycles. The van der Waals surface area contributed by atoms with Crippen LogP contribution in [0.4, 0.5) is 16.3 Å². The molecule has 4 N–H and O–H groups in total. The molecular formula is C21H13ClN6O3. The standard InChI is InChI=1S/C21H13ClN6O3/c22-12-8-6-11(7-9-12)15-14(10-23)17(25-18-16(15)19(29)28-21(31)27-18)26-20(30)24-13-4-2-1-3-5-13/h1-9H,(H4,24,25,26,27,28,29,30,31). The molecule has 10 heteroatoms. The van der Waals surface area contributed by atoms with Gasteiger partial charge in [-0.3, -0.25) is 20.1 Å². The Kier molecular flexibility index (Phi) is 5.22. The number of urea groups is 1. The number of carbonyl (C=O) groups excluding carboxylic acids is 1. The summed E-state index contributed by atoms with van der Waals surface area (Å²) in [6.07, 6.45) is 0. The van der Waals surface area contributed by atoms with Crippen LogP contribution in [0.1, 0.15) is 5.56 Å². The third-order valence-corrected chi connectivity index (χ3v) is 4.64. The van der Waals surface area contributed by atoms with Gasteiger partial charge < -0.3 is 5.32 Å². The summed E-state index contributed by atoms with van der Waals surface area (Å²) in [5.74, 6) is -0.116. The lowest BCUT2D eigenvalue weighted by molar-refractivity contribution is 0.262. The number of carbonyl (C=O) groups is 1. The summed E-state index contributed by atoms with van der Waals surface area (Å²) in [5, 5.41) is 15.5. The Morgan fingerprint density at radius 1 is 1.00 bits per heavy atom. The van der Waals surface area contributed by atoms with E-state index in [1.54, 1.807) is 54.6 Å². The van der Waals surface area contributed by atoms with Crippen LogP contribution in [0, 0.1) is 11.3 Å². The first-order valence-electron chi connectivity index (χ1n) is 8.95. The van der Waals surface area contributed by atoms with Crippen molar-refractivity contribution >= 4 is 40.2 Å². The summed E-state index contributed by atoms with van der Waals surface area (Å²) in [4.78, 5) is 45.6. The average molecular weight is 433 g/mol. The molecule has 0 atom stereocenters. The molecule has 31 heavy (non-hydrogen) atoms. The molecule has 0 saturated heterocycles. The molecule has 0 saturated carbocycles. The molecule has 2 amide bonds. The van der Waals surface area contributed by atoms with Gasteiger partial charge in [-0.05, 0) is 29.8 Å². The van der Waals surface area contributed by atoms with Crippen LogP contribution in [-0.2, 0) is 0 Å². The van der Waals surface area contributed by atoms with Crippen LogP contribution in [-0.4, -0.2) is 21.0 Å². The summed E-state index contributed by atoms with van der Waals surface area (Å²) >= 11 is 5.96. The maximum atomic E-state index is 12.6. The fourth-order valence-electron chi connectivity index (χ4n) is 3.10. The highest BCUT2D eigenvalue weighted by Crippen LogP contribution is 2.33. The number of fused-ring (bicyclic) bond motifs is 1. The van der Waals surface area contributed by atoms with Crippen molar-refractivity contribution in [2.45, 2.75) is 0 Å². The Balaban J connectivity index is 1.91. The van der Waals surface area contributed by atoms with Crippen LogP contribution >= 0.6 is 11.6 Å². The smallest absolute Gasteiger partial charge is 0.308 e. The topological polar surface area (TPSA) is 144 Å². The molecule has 2 aromatic heterocycles. The van der Waals surface area contributed by atoms with Crippen LogP contribution in [0.3, 0.4) is 0 Å². The predicted molar refractivity (Wildman–Crippen MR) is 117 cm³/mol. The largest absolute Gasteiger partial charge is 0.327 e. The molecule has 0 spiro atoms. The van der Waals surface area contributed by atoms with Crippen molar-refractivity contribution in [2.75, 3.05) is 10.6 Å². The van der Waals surface area contributed by atoms with E-state index in [-0.39, 0.29) is 28.0 Å². The van der Waals surface area contributed by atoms with Crippen LogP contribution in [0.2, 0.25) is 5.02 Å². The highest BCUT2D eigenvalue weighted by molar-refractivity contribution is 6.30. The van der Waals surface area contributed by atoms with Gasteiger partial charge in [0.2, 0.25) is 0 Å². The number of H-pyrrole nitrogens is 2. The molecule has 0 aliphatic carbocycles. The molecule has 2 heterocycles. The van der Waals surface area contributed by atoms with Crippen LogP contribution in [0.15, 0.2) is 64.2 Å². The van der Waals surface area contributed by atoms with Gasteiger partial charge in [-0.25, -0.2) is 14.6 Å². The predicted octanol–water partition coefficient (Wildman–Crippen LogP) is 3.45. The molecule has 0 aliphatic heterocycles. The Morgan fingerprint density at radius 2 is 1.71 bits per heavy atom. The lowest BCUT2D eigenvalue weighted by atomic mass is 9.98. The number of aromatic amines is 2. The first-order chi connectivity index (χ1) is 15.0. The second kappa shape index (κ2) is 8.14. The van der Waals surface area contributed by atoms with Crippen LogP contribution in [0.5, 0.6) is 0 Å². The zero-order valence-electron chi connectivity index (χ0n) is 15.7. The van der Waals surface area contributed by atoms with Gasteiger partial charge in [0.25, 0.3) is 5.56 Å². The molecule has 0 fully saturated rings. The quantitative estimate of drug-likeness (QED) is 0.392. The maximum Gasteiger partial charge on any atom is 0.327 e. The van der Waals surface area contributed by atoms with Gasteiger partial charge in [0.15, 0.2) is 5.82 Å². The third-order valence-electron chi connectivity index (χ3n) is 4.39. The summed E-state index contributed by atoms with van der Waals surface area (Å²) < 4.78 is 0. The zero-order valence-corrected chi connectivity index (χ0v) is 16.4. The normalized spacial score (nSPS) is 10.5. The number of anilines is 2. The molecule has 4 aromatic rings. The van der Waals surface area contributed by atoms with E-state index in [2.05, 4.69) is 25.6 Å². The van der Waals surface area contributed by atoms with Gasteiger partial charge in [-0.15, -0.1) is 0 Å². The van der Waals surface area contributed by atoms with E-state index in [1.165, 1.54) is 0 Å². The summed E-state index contributed by atoms with van der Waals surface area (Å²) in [6.45, 7) is 0. The van der Waals surface area contributed by atoms with E-state index < -0.39 is 17.3 Å². The number of halogens is 1. The van der Waals surface area contributed by atoms with Crippen molar-refractivity contribution in [3.63, 3.8) is 0 Å². The van der Waals surface area contributed by atoms with Gasteiger partial charge in [-0.1, -0.05) is 41.9 Å². The third kappa shape index (κ3) is 4.01. The summed E-state index contributed by atoms with van der Waals surface area (Å²) in [7, 11) is 0. The van der Waals surface area contributed by atoms with Crippen molar-refractivity contribution in [2.24, 2.45) is 0 Å². The number of hydrogen-bond acceptors (Lipinski definition) is 5. The minimum Gasteiger partial charge on any atom is -0.308 e. The minimum atomic E-state index is -0.767. The van der Waals surface area contributed by atoms with E-state index in [0.29, 0.717) is 16.3 Å². The van der Waals surface area contributed by atoms with Gasteiger partial charge in [0.1, 0.15) is 17.3 Å². The van der Waals surface area contributed by atoms with Crippen LogP contribution < -0.4 is 21.9 Å². The highest BCUT2D eigenvalue weighted by Gasteiger charge is 2.21. The first-order valence-corrected chi connectivity index (χ1v) is 9.33. The van der Waals surface area contributed by atoms with E-state index in [1.807, 2.05) is 6.07 Å². The number of hydrogen-bond donors (Lipinski definition) is 4. The van der Waals surface area contributed by atoms with Gasteiger partial charge in [0, 0.05) is 16.3 Å². The van der Waals surface area contributed by atoms with E-state index >= 15 is 0 Å². The van der Waals surface area contributed by atoms with Crippen molar-refractivity contribution < 1.29 is 4.79 Å². The lowest BCUT2D eigenvalue weighted by Gasteiger charge is -2.13. The minimum absolute atomic E-state index is 0.00694. The number of amides is 2. The molecule has 0 radical (unpaired) electrons. The molecule has 0 aliphatic rings. The number of para-hydroxylation sites is 1. The number of rotatable bonds is 3. The molecule has 9 nitrogen and oxygen atoms in total. The Labute approximate surface area is 179 Å². The van der Waals surface area contributed by atoms with Crippen molar-refractivity contribution in [3.05, 3.63) is 86.0 Å². The highest BCUT2D eigenvalue weighted by atomic mass is 35.5. The molecule has 0 bridgehead atoms. The molecule has 4 rings (SSSR count). The molecule has 0 unspecified atom stereocenters. The van der Waals surface area contributed by atoms with E-state index in [0.717, 1.165) is 0 Å². The fourth-order valence-corrected chi connectivity index (χ4v) is 3.22. The Morgan fingerprint density at radius 3 is 2.39 bits per heavy atom. The number of pyridine rings is 1. The van der Waals surface area contributed by atoms with Gasteiger partial charge in [0.05, 0.1) is 5.39 Å². The summed E-state index contributed by atoms with van der Waals surface area (Å²) in [6, 6.07) is 16.5. The zero-order chi connectivity index (χ0) is 22.0. The average Bonchev–Trinajstić information content (AvgIpc) is 2.74. The van der Waals surface area contributed by atoms with E-state index in [4.69, 9.17) is 11.6 Å². The number of benzene rings is 2. The van der Waals surface area contributed by atoms with Crippen LogP contribution in [0.25, 0.3) is 22.2 Å². The number of nitrogens with one attached hydrogen (secondary N) is 4. The van der Waals surface area contributed by atoms with Crippen molar-refractivity contribution in [1.82, 2.24) is 15.0 Å². The van der Waals surface area contributed by atoms with Crippen molar-refractivity contribution in [1.29, 1.82) is 5.26 Å². The van der Waals surface area contributed by atoms with Gasteiger partial charge >= 0.3 is 11.7 Å². The number of aromatic nitrogens is 3. The Bertz CT molecular complexity index is 1450. The second-order valence-electron chi connectivity index (χ2n) is 6.41. The number of nitriles is 1. The van der Waals surface area contributed by atoms with Crippen molar-refractivity contribution in [3.8, 4) is 17.2 Å². The van der Waals surface area contributed by atoms with Gasteiger partial charge in [-0.2, -0.15) is 5.26 Å². The fraction of sp³-hybridized carbons (Fsp3) is 0. The first kappa shape index (κ1) is 19.9. The summed E-state index contributed by atoms with van der Waals surface area (Å²) in [5.41, 5.74) is -0.385. The SMILES string of the molecule is N#Cc1c(NC(=O)Nc2ccccc2)nc2[nH]c(=O)[nH]c(=O)c2c1-c1ccc(Cl)cc1. The Hall–Kier alpha value is -4.42. The molecular weight excluding hydrogens is 420 g/mol. The van der Waals surface area contributed by atoms with E-state index in [9.17, 15) is 19.6 Å². The molecule has 152 valence electrons. The lowest BCUT2D eigenvalue weighted by Crippen LogP contribution is -2.25. The maximum absolute atomic E-state index is 12.6.